The summed E-state index contributed by atoms with van der Waals surface area (Å²) in [6.45, 7) is 7.08. The van der Waals surface area contributed by atoms with E-state index in [4.69, 9.17) is 0 Å². The van der Waals surface area contributed by atoms with Crippen molar-refractivity contribution in [3.05, 3.63) is 46.1 Å². The molecule has 1 aromatic carbocycles. The molecule has 1 heterocycles. The van der Waals surface area contributed by atoms with Crippen molar-refractivity contribution in [1.82, 2.24) is 9.88 Å². The third-order valence-corrected chi connectivity index (χ3v) is 3.77. The summed E-state index contributed by atoms with van der Waals surface area (Å²) in [6.07, 6.45) is 1.59. The number of carbonyl (C=O) groups excluding carboxylic acids is 1. The van der Waals surface area contributed by atoms with Gasteiger partial charge < -0.3 is 9.88 Å². The minimum absolute atomic E-state index is 0.265. The highest BCUT2D eigenvalue weighted by atomic mass is 19.1. The largest absolute Gasteiger partial charge is 0.351 e. The molecule has 0 bridgehead atoms. The molecule has 0 saturated heterocycles. The number of rotatable bonds is 6. The zero-order chi connectivity index (χ0) is 17.0. The summed E-state index contributed by atoms with van der Waals surface area (Å²) >= 11 is 0. The quantitative estimate of drug-likeness (QED) is 0.888. The average Bonchev–Trinajstić information content (AvgIpc) is 2.51. The van der Waals surface area contributed by atoms with E-state index in [0.717, 1.165) is 12.8 Å². The van der Waals surface area contributed by atoms with Gasteiger partial charge in [-0.1, -0.05) is 26.8 Å². The summed E-state index contributed by atoms with van der Waals surface area (Å²) in [5.41, 5.74) is 0.0208. The molecule has 0 spiro atoms. The smallest absolute Gasteiger partial charge is 0.268 e. The van der Waals surface area contributed by atoms with E-state index in [9.17, 15) is 14.0 Å². The summed E-state index contributed by atoms with van der Waals surface area (Å²) in [6, 6.07) is 5.74. The number of hydrogen-bond donors (Lipinski definition) is 1. The van der Waals surface area contributed by atoms with E-state index < -0.39 is 5.82 Å². The molecule has 124 valence electrons. The highest BCUT2D eigenvalue weighted by Crippen LogP contribution is 2.15. The molecule has 2 rings (SSSR count). The maximum absolute atomic E-state index is 13.5. The first-order chi connectivity index (χ1) is 10.9. The molecule has 1 aromatic heterocycles. The monoisotopic (exact) mass is 318 g/mol. The van der Waals surface area contributed by atoms with Gasteiger partial charge in [0.25, 0.3) is 11.5 Å². The van der Waals surface area contributed by atoms with Gasteiger partial charge in [0.1, 0.15) is 11.5 Å². The second kappa shape index (κ2) is 7.40. The maximum Gasteiger partial charge on any atom is 0.268 e. The van der Waals surface area contributed by atoms with Gasteiger partial charge >= 0.3 is 0 Å². The lowest BCUT2D eigenvalue weighted by molar-refractivity contribution is 0.0942. The van der Waals surface area contributed by atoms with E-state index >= 15 is 0 Å². The van der Waals surface area contributed by atoms with Gasteiger partial charge in [0.2, 0.25) is 0 Å². The van der Waals surface area contributed by atoms with Gasteiger partial charge in [-0.25, -0.2) is 4.39 Å². The van der Waals surface area contributed by atoms with E-state index in [2.05, 4.69) is 19.2 Å². The van der Waals surface area contributed by atoms with Gasteiger partial charge in [0.15, 0.2) is 0 Å². The molecule has 0 aliphatic heterocycles. The second-order valence-corrected chi connectivity index (χ2v) is 6.16. The van der Waals surface area contributed by atoms with Crippen molar-refractivity contribution in [2.75, 3.05) is 6.54 Å². The van der Waals surface area contributed by atoms with Crippen LogP contribution in [-0.2, 0) is 6.54 Å². The van der Waals surface area contributed by atoms with Gasteiger partial charge in [-0.3, -0.25) is 9.59 Å². The van der Waals surface area contributed by atoms with Crippen molar-refractivity contribution >= 4 is 16.7 Å². The van der Waals surface area contributed by atoms with E-state index in [0.29, 0.717) is 35.5 Å². The Bertz CT molecular complexity index is 765. The summed E-state index contributed by atoms with van der Waals surface area (Å²) in [7, 11) is 0. The molecule has 0 radical (unpaired) electrons. The molecule has 0 atom stereocenters. The number of aromatic nitrogens is 1. The van der Waals surface area contributed by atoms with E-state index in [1.165, 1.54) is 22.8 Å². The highest BCUT2D eigenvalue weighted by Gasteiger charge is 2.16. The number of halogens is 1. The van der Waals surface area contributed by atoms with Crippen LogP contribution in [-0.4, -0.2) is 17.0 Å². The predicted octanol–water partition coefficient (Wildman–Crippen LogP) is 3.33. The Morgan fingerprint density at radius 3 is 2.70 bits per heavy atom. The minimum Gasteiger partial charge on any atom is -0.351 e. The zero-order valence-corrected chi connectivity index (χ0v) is 13.9. The van der Waals surface area contributed by atoms with Crippen LogP contribution in [0.15, 0.2) is 29.1 Å². The Labute approximate surface area is 135 Å². The molecule has 0 unspecified atom stereocenters. The van der Waals surface area contributed by atoms with Crippen molar-refractivity contribution < 1.29 is 9.18 Å². The van der Waals surface area contributed by atoms with Gasteiger partial charge in [0, 0.05) is 13.1 Å². The molecule has 0 fully saturated rings. The Morgan fingerprint density at radius 1 is 1.30 bits per heavy atom. The number of nitrogens with one attached hydrogen (secondary N) is 1. The highest BCUT2D eigenvalue weighted by molar-refractivity contribution is 5.96. The van der Waals surface area contributed by atoms with Crippen molar-refractivity contribution in [2.45, 2.75) is 40.2 Å². The summed E-state index contributed by atoms with van der Waals surface area (Å²) in [4.78, 5) is 25.1. The SMILES string of the molecule is CCCNC(=O)c1cc2ccc(F)cc2c(=O)n1CCC(C)C. The first kappa shape index (κ1) is 17.2. The third-order valence-electron chi connectivity index (χ3n) is 3.77. The molecule has 0 saturated carbocycles. The van der Waals surface area contributed by atoms with Crippen LogP contribution < -0.4 is 10.9 Å². The average molecular weight is 318 g/mol. The van der Waals surface area contributed by atoms with E-state index in [-0.39, 0.29) is 11.5 Å². The van der Waals surface area contributed by atoms with Gasteiger partial charge in [-0.05, 0) is 42.3 Å². The number of pyridine rings is 1. The fourth-order valence-electron chi connectivity index (χ4n) is 2.45. The third kappa shape index (κ3) is 3.97. The first-order valence-corrected chi connectivity index (χ1v) is 8.05. The van der Waals surface area contributed by atoms with E-state index in [1.807, 2.05) is 6.92 Å². The van der Waals surface area contributed by atoms with Crippen LogP contribution in [0.3, 0.4) is 0 Å². The van der Waals surface area contributed by atoms with Gasteiger partial charge in [-0.15, -0.1) is 0 Å². The molecule has 2 aromatic rings. The Hall–Kier alpha value is -2.17. The molecule has 5 heteroatoms. The van der Waals surface area contributed by atoms with Gasteiger partial charge in [0.05, 0.1) is 5.39 Å². The van der Waals surface area contributed by atoms with Crippen molar-refractivity contribution in [3.8, 4) is 0 Å². The topological polar surface area (TPSA) is 51.1 Å². The molecule has 0 aliphatic rings. The number of nitrogens with zero attached hydrogens (tertiary/aromatic N) is 1. The normalized spacial score (nSPS) is 11.2. The number of hydrogen-bond acceptors (Lipinski definition) is 2. The first-order valence-electron chi connectivity index (χ1n) is 8.05. The standard InChI is InChI=1S/C18H23FN2O2/c1-4-8-20-17(22)16-10-13-5-6-14(19)11-15(13)18(23)21(16)9-7-12(2)3/h5-6,10-12H,4,7-9H2,1-3H3,(H,20,22). The lowest BCUT2D eigenvalue weighted by atomic mass is 10.1. The van der Waals surface area contributed by atoms with Crippen molar-refractivity contribution in [1.29, 1.82) is 0 Å². The molecule has 1 amide bonds. The number of fused-ring (bicyclic) bond motifs is 1. The van der Waals surface area contributed by atoms with E-state index in [1.54, 1.807) is 6.07 Å². The molecule has 4 nitrogen and oxygen atoms in total. The second-order valence-electron chi connectivity index (χ2n) is 6.16. The molecule has 0 aliphatic carbocycles. The minimum atomic E-state index is -0.451. The number of carbonyl (C=O) groups is 1. The fraction of sp³-hybridized carbons (Fsp3) is 0.444. The lowest BCUT2D eigenvalue weighted by Gasteiger charge is -2.15. The predicted molar refractivity (Wildman–Crippen MR) is 90.2 cm³/mol. The molecular formula is C18H23FN2O2. The summed E-state index contributed by atoms with van der Waals surface area (Å²) in [5, 5.41) is 3.70. The van der Waals surface area contributed by atoms with Crippen LogP contribution in [0.4, 0.5) is 4.39 Å². The van der Waals surface area contributed by atoms with Gasteiger partial charge in [-0.2, -0.15) is 0 Å². The summed E-state index contributed by atoms with van der Waals surface area (Å²) < 4.78 is 14.9. The number of benzene rings is 1. The Kier molecular flexibility index (Phi) is 5.53. The molecule has 23 heavy (non-hydrogen) atoms. The fourth-order valence-corrected chi connectivity index (χ4v) is 2.45. The van der Waals surface area contributed by atoms with Crippen LogP contribution in [0.5, 0.6) is 0 Å². The van der Waals surface area contributed by atoms with Crippen LogP contribution in [0, 0.1) is 11.7 Å². The maximum atomic E-state index is 13.5. The summed E-state index contributed by atoms with van der Waals surface area (Å²) in [5.74, 6) is -0.316. The van der Waals surface area contributed by atoms with Crippen LogP contribution in [0.1, 0.15) is 44.1 Å². The van der Waals surface area contributed by atoms with Crippen LogP contribution >= 0.6 is 0 Å². The lowest BCUT2D eigenvalue weighted by Crippen LogP contribution is -2.33. The van der Waals surface area contributed by atoms with Crippen molar-refractivity contribution in [2.24, 2.45) is 5.92 Å². The molecular weight excluding hydrogens is 295 g/mol. The zero-order valence-electron chi connectivity index (χ0n) is 13.9. The molecule has 1 N–H and O–H groups in total. The van der Waals surface area contributed by atoms with Crippen LogP contribution in [0.2, 0.25) is 0 Å². The Balaban J connectivity index is 2.57. The van der Waals surface area contributed by atoms with Crippen molar-refractivity contribution in [3.63, 3.8) is 0 Å². The number of amides is 1. The Morgan fingerprint density at radius 2 is 2.04 bits per heavy atom. The van der Waals surface area contributed by atoms with Crippen LogP contribution in [0.25, 0.3) is 10.8 Å².